The summed E-state index contributed by atoms with van der Waals surface area (Å²) >= 11 is 0. The summed E-state index contributed by atoms with van der Waals surface area (Å²) in [5.41, 5.74) is 0.125. The van der Waals surface area contributed by atoms with Gasteiger partial charge in [0.1, 0.15) is 5.82 Å². The molecule has 6 heteroatoms. The maximum absolute atomic E-state index is 13.8. The molecule has 1 N–H and O–H groups in total. The van der Waals surface area contributed by atoms with Gasteiger partial charge in [0.05, 0.1) is 5.56 Å². The molecule has 2 aromatic carbocycles. The van der Waals surface area contributed by atoms with E-state index < -0.39 is 17.6 Å². The van der Waals surface area contributed by atoms with Crippen LogP contribution in [-0.2, 0) is 17.4 Å². The van der Waals surface area contributed by atoms with E-state index in [0.717, 1.165) is 11.6 Å². The van der Waals surface area contributed by atoms with Crippen LogP contribution in [0.2, 0.25) is 0 Å². The Hall–Kier alpha value is -2.37. The molecule has 0 aliphatic rings. The zero-order valence-corrected chi connectivity index (χ0v) is 12.4. The quantitative estimate of drug-likeness (QED) is 0.810. The van der Waals surface area contributed by atoms with E-state index in [1.807, 2.05) is 13.0 Å². The zero-order valence-electron chi connectivity index (χ0n) is 12.4. The largest absolute Gasteiger partial charge is 0.419 e. The monoisotopic (exact) mass is 325 g/mol. The number of carbonyl (C=O) groups is 1. The third-order valence-corrected chi connectivity index (χ3v) is 3.31. The smallest absolute Gasteiger partial charge is 0.326 e. The van der Waals surface area contributed by atoms with Gasteiger partial charge < -0.3 is 5.32 Å². The maximum Gasteiger partial charge on any atom is 0.419 e. The molecule has 23 heavy (non-hydrogen) atoms. The first kappa shape index (κ1) is 17.0. The molecule has 2 rings (SSSR count). The minimum absolute atomic E-state index is 0.104. The predicted molar refractivity (Wildman–Crippen MR) is 79.5 cm³/mol. The molecule has 122 valence electrons. The van der Waals surface area contributed by atoms with Gasteiger partial charge in [-0.1, -0.05) is 24.3 Å². The number of halogens is 4. The molecule has 0 aliphatic carbocycles. The fraction of sp³-hybridized carbons (Fsp3) is 0.235. The maximum atomic E-state index is 13.8. The fourth-order valence-electron chi connectivity index (χ4n) is 2.19. The van der Waals surface area contributed by atoms with Gasteiger partial charge in [0.25, 0.3) is 0 Å². The minimum Gasteiger partial charge on any atom is -0.326 e. The number of carbonyl (C=O) groups excluding carboxylic acids is 1. The first-order valence-corrected chi connectivity index (χ1v) is 6.98. The van der Waals surface area contributed by atoms with Gasteiger partial charge in [0.2, 0.25) is 5.91 Å². The number of hydrogen-bond donors (Lipinski definition) is 1. The fourth-order valence-corrected chi connectivity index (χ4v) is 2.19. The highest BCUT2D eigenvalue weighted by Crippen LogP contribution is 2.32. The van der Waals surface area contributed by atoms with Crippen LogP contribution in [0.1, 0.15) is 23.1 Å². The van der Waals surface area contributed by atoms with Crippen LogP contribution in [0.3, 0.4) is 0 Å². The molecule has 0 saturated carbocycles. The van der Waals surface area contributed by atoms with Gasteiger partial charge >= 0.3 is 6.18 Å². The second-order valence-electron chi connectivity index (χ2n) is 5.19. The van der Waals surface area contributed by atoms with Crippen molar-refractivity contribution in [2.24, 2.45) is 0 Å². The molecular weight excluding hydrogens is 310 g/mol. The molecule has 0 aliphatic heterocycles. The molecule has 2 nitrogen and oxygen atoms in total. The Morgan fingerprint density at radius 2 is 1.83 bits per heavy atom. The Labute approximate surface area is 131 Å². The van der Waals surface area contributed by atoms with E-state index in [9.17, 15) is 22.4 Å². The van der Waals surface area contributed by atoms with Crippen molar-refractivity contribution in [1.82, 2.24) is 0 Å². The van der Waals surface area contributed by atoms with Crippen molar-refractivity contribution in [3.05, 3.63) is 65.0 Å². The van der Waals surface area contributed by atoms with Crippen LogP contribution in [0.5, 0.6) is 0 Å². The van der Waals surface area contributed by atoms with Crippen LogP contribution in [0.15, 0.2) is 42.5 Å². The first-order chi connectivity index (χ1) is 10.8. The van der Waals surface area contributed by atoms with Crippen molar-refractivity contribution in [1.29, 1.82) is 0 Å². The van der Waals surface area contributed by atoms with Crippen molar-refractivity contribution < 1.29 is 22.4 Å². The molecule has 0 fully saturated rings. The Kier molecular flexibility index (Phi) is 5.03. The molecule has 0 heterocycles. The van der Waals surface area contributed by atoms with E-state index in [1.54, 1.807) is 18.2 Å². The summed E-state index contributed by atoms with van der Waals surface area (Å²) in [4.78, 5) is 11.8. The number of nitrogens with one attached hydrogen (secondary N) is 1. The van der Waals surface area contributed by atoms with Gasteiger partial charge in [-0.05, 0) is 42.7 Å². The molecule has 0 bridgehead atoms. The molecule has 1 amide bonds. The third kappa shape index (κ3) is 4.55. The minimum atomic E-state index is -4.75. The third-order valence-electron chi connectivity index (χ3n) is 3.31. The SMILES string of the molecule is Cc1cccc(NC(=O)CCc2cccc(C(F)(F)F)c2F)c1. The Morgan fingerprint density at radius 3 is 2.48 bits per heavy atom. The number of alkyl halides is 3. The average Bonchev–Trinajstić information content (AvgIpc) is 2.45. The van der Waals surface area contributed by atoms with E-state index in [4.69, 9.17) is 0 Å². The molecule has 0 atom stereocenters. The summed E-state index contributed by atoms with van der Waals surface area (Å²) in [5, 5.41) is 2.63. The number of hydrogen-bond acceptors (Lipinski definition) is 1. The predicted octanol–water partition coefficient (Wildman–Crippen LogP) is 4.72. The summed E-state index contributed by atoms with van der Waals surface area (Å²) in [5.74, 6) is -1.70. The Balaban J connectivity index is 2.02. The average molecular weight is 325 g/mol. The Morgan fingerprint density at radius 1 is 1.13 bits per heavy atom. The molecule has 0 spiro atoms. The standard InChI is InChI=1S/C17H15F4NO/c1-11-4-2-6-13(10-11)22-15(23)9-8-12-5-3-7-14(16(12)18)17(19,20)21/h2-7,10H,8-9H2,1H3,(H,22,23). The van der Waals surface area contributed by atoms with Crippen LogP contribution in [0.25, 0.3) is 0 Å². The van der Waals surface area contributed by atoms with Gasteiger partial charge in [-0.3, -0.25) is 4.79 Å². The van der Waals surface area contributed by atoms with Crippen molar-refractivity contribution in [3.63, 3.8) is 0 Å². The van der Waals surface area contributed by atoms with Crippen LogP contribution >= 0.6 is 0 Å². The van der Waals surface area contributed by atoms with E-state index in [2.05, 4.69) is 5.32 Å². The lowest BCUT2D eigenvalue weighted by molar-refractivity contribution is -0.140. The van der Waals surface area contributed by atoms with Crippen LogP contribution in [0.4, 0.5) is 23.2 Å². The van der Waals surface area contributed by atoms with Crippen LogP contribution in [0, 0.1) is 12.7 Å². The molecule has 0 saturated heterocycles. The molecular formula is C17H15F4NO. The van der Waals surface area contributed by atoms with Gasteiger partial charge in [0.15, 0.2) is 0 Å². The van der Waals surface area contributed by atoms with Crippen LogP contribution in [-0.4, -0.2) is 5.91 Å². The van der Waals surface area contributed by atoms with Gasteiger partial charge in [-0.2, -0.15) is 13.2 Å². The van der Waals surface area contributed by atoms with Crippen LogP contribution < -0.4 is 5.32 Å². The molecule has 2 aromatic rings. The first-order valence-electron chi connectivity index (χ1n) is 6.98. The van der Waals surface area contributed by atoms with Crippen molar-refractivity contribution in [2.75, 3.05) is 5.32 Å². The lowest BCUT2D eigenvalue weighted by Gasteiger charge is -2.11. The highest BCUT2D eigenvalue weighted by molar-refractivity contribution is 5.90. The summed E-state index contributed by atoms with van der Waals surface area (Å²) in [6.07, 6.45) is -4.95. The molecule has 0 aromatic heterocycles. The van der Waals surface area contributed by atoms with Gasteiger partial charge in [-0.15, -0.1) is 0 Å². The van der Waals surface area contributed by atoms with Crippen molar-refractivity contribution in [3.8, 4) is 0 Å². The topological polar surface area (TPSA) is 29.1 Å². The second kappa shape index (κ2) is 6.81. The highest BCUT2D eigenvalue weighted by Gasteiger charge is 2.34. The van der Waals surface area contributed by atoms with Gasteiger partial charge in [-0.25, -0.2) is 4.39 Å². The Bertz CT molecular complexity index is 710. The molecule has 0 unspecified atom stereocenters. The van der Waals surface area contributed by atoms with E-state index in [0.29, 0.717) is 11.8 Å². The van der Waals surface area contributed by atoms with E-state index >= 15 is 0 Å². The lowest BCUT2D eigenvalue weighted by atomic mass is 10.0. The lowest BCUT2D eigenvalue weighted by Crippen LogP contribution is -2.14. The normalized spacial score (nSPS) is 11.3. The zero-order chi connectivity index (χ0) is 17.0. The number of benzene rings is 2. The van der Waals surface area contributed by atoms with Crippen molar-refractivity contribution in [2.45, 2.75) is 25.9 Å². The number of anilines is 1. The number of aryl methyl sites for hydroxylation is 2. The summed E-state index contributed by atoms with van der Waals surface area (Å²) in [7, 11) is 0. The van der Waals surface area contributed by atoms with E-state index in [1.165, 1.54) is 6.07 Å². The summed E-state index contributed by atoms with van der Waals surface area (Å²) in [6, 6.07) is 10.2. The molecule has 0 radical (unpaired) electrons. The highest BCUT2D eigenvalue weighted by atomic mass is 19.4. The number of amides is 1. The summed E-state index contributed by atoms with van der Waals surface area (Å²) < 4.78 is 51.7. The van der Waals surface area contributed by atoms with Gasteiger partial charge in [0, 0.05) is 12.1 Å². The summed E-state index contributed by atoms with van der Waals surface area (Å²) in [6.45, 7) is 1.87. The number of rotatable bonds is 4. The van der Waals surface area contributed by atoms with Crippen molar-refractivity contribution >= 4 is 11.6 Å². The van der Waals surface area contributed by atoms with E-state index in [-0.39, 0.29) is 24.3 Å². The second-order valence-corrected chi connectivity index (χ2v) is 5.19.